The highest BCUT2D eigenvalue weighted by Crippen LogP contribution is 2.29. The van der Waals surface area contributed by atoms with Crippen LogP contribution in [0.2, 0.25) is 0 Å². The summed E-state index contributed by atoms with van der Waals surface area (Å²) in [5.74, 6) is 0.777. The molecule has 2 N–H and O–H groups in total. The maximum absolute atomic E-state index is 9.16. The number of aromatic amines is 1. The second kappa shape index (κ2) is 7.95. The first-order chi connectivity index (χ1) is 14.1. The molecule has 0 bridgehead atoms. The van der Waals surface area contributed by atoms with E-state index >= 15 is 0 Å². The van der Waals surface area contributed by atoms with Crippen LogP contribution in [0.15, 0.2) is 60.9 Å². The van der Waals surface area contributed by atoms with E-state index in [4.69, 9.17) is 5.26 Å². The van der Waals surface area contributed by atoms with E-state index in [-0.39, 0.29) is 0 Å². The minimum atomic E-state index is 0.571. The summed E-state index contributed by atoms with van der Waals surface area (Å²) in [5, 5.41) is 19.9. The lowest BCUT2D eigenvalue weighted by molar-refractivity contribution is 0.975. The summed E-state index contributed by atoms with van der Waals surface area (Å²) in [6.45, 7) is 4.63. The normalized spacial score (nSPS) is 10.5. The van der Waals surface area contributed by atoms with Gasteiger partial charge in [0.25, 0.3) is 0 Å². The molecule has 3 aromatic heterocycles. The van der Waals surface area contributed by atoms with Crippen molar-refractivity contribution in [2.45, 2.75) is 20.4 Å². The molecular formula is C23H20N6. The molecule has 0 fully saturated rings. The number of anilines is 1. The first kappa shape index (κ1) is 18.4. The minimum Gasteiger partial charge on any atom is -0.364 e. The number of hydrogen-bond acceptors (Lipinski definition) is 5. The van der Waals surface area contributed by atoms with Crippen molar-refractivity contribution in [3.8, 4) is 28.6 Å². The number of hydrogen-bond donors (Lipinski definition) is 2. The van der Waals surface area contributed by atoms with Gasteiger partial charge in [-0.25, -0.2) is 4.98 Å². The predicted octanol–water partition coefficient (Wildman–Crippen LogP) is 4.63. The zero-order chi connectivity index (χ0) is 20.2. The van der Waals surface area contributed by atoms with Crippen molar-refractivity contribution in [1.29, 1.82) is 5.26 Å². The predicted molar refractivity (Wildman–Crippen MR) is 113 cm³/mol. The van der Waals surface area contributed by atoms with Gasteiger partial charge in [-0.3, -0.25) is 10.1 Å². The Labute approximate surface area is 169 Å². The summed E-state index contributed by atoms with van der Waals surface area (Å²) in [6, 6.07) is 17.8. The van der Waals surface area contributed by atoms with E-state index in [1.165, 1.54) is 0 Å². The van der Waals surface area contributed by atoms with Gasteiger partial charge < -0.3 is 5.32 Å². The Morgan fingerprint density at radius 3 is 2.52 bits per heavy atom. The van der Waals surface area contributed by atoms with Crippen LogP contribution in [0.3, 0.4) is 0 Å². The number of benzene rings is 1. The van der Waals surface area contributed by atoms with Gasteiger partial charge in [0.2, 0.25) is 0 Å². The monoisotopic (exact) mass is 380 g/mol. The highest BCUT2D eigenvalue weighted by atomic mass is 15.1. The number of nitriles is 1. The van der Waals surface area contributed by atoms with E-state index in [1.807, 2.05) is 62.4 Å². The smallest absolute Gasteiger partial charge is 0.126 e. The molecule has 0 unspecified atom stereocenters. The Bertz CT molecular complexity index is 1160. The van der Waals surface area contributed by atoms with Gasteiger partial charge in [-0.1, -0.05) is 6.07 Å². The summed E-state index contributed by atoms with van der Waals surface area (Å²) >= 11 is 0. The Balaban J connectivity index is 1.52. The van der Waals surface area contributed by atoms with Gasteiger partial charge in [-0.2, -0.15) is 10.4 Å². The number of H-pyrrole nitrogens is 1. The molecule has 0 atom stereocenters. The quantitative estimate of drug-likeness (QED) is 0.527. The molecule has 29 heavy (non-hydrogen) atoms. The number of aromatic nitrogens is 4. The molecule has 0 radical (unpaired) electrons. The van der Waals surface area contributed by atoms with Crippen molar-refractivity contribution < 1.29 is 0 Å². The van der Waals surface area contributed by atoms with E-state index < -0.39 is 0 Å². The molecule has 3 heterocycles. The van der Waals surface area contributed by atoms with Crippen LogP contribution in [0.5, 0.6) is 0 Å². The van der Waals surface area contributed by atoms with Crippen LogP contribution in [0.4, 0.5) is 5.82 Å². The molecule has 1 aromatic carbocycles. The molecular weight excluding hydrogens is 360 g/mol. The number of rotatable bonds is 5. The van der Waals surface area contributed by atoms with Crippen LogP contribution in [-0.4, -0.2) is 20.2 Å². The molecule has 6 nitrogen and oxygen atoms in total. The van der Waals surface area contributed by atoms with Crippen molar-refractivity contribution in [3.05, 3.63) is 83.3 Å². The summed E-state index contributed by atoms with van der Waals surface area (Å²) in [5.41, 5.74) is 7.63. The largest absolute Gasteiger partial charge is 0.364 e. The molecule has 142 valence electrons. The Kier molecular flexibility index (Phi) is 5.04. The van der Waals surface area contributed by atoms with E-state index in [0.717, 1.165) is 45.2 Å². The third kappa shape index (κ3) is 3.99. The topological polar surface area (TPSA) is 90.3 Å². The Morgan fingerprint density at radius 2 is 1.79 bits per heavy atom. The van der Waals surface area contributed by atoms with Crippen LogP contribution < -0.4 is 5.32 Å². The average molecular weight is 380 g/mol. The lowest BCUT2D eigenvalue weighted by Gasteiger charge is -2.12. The van der Waals surface area contributed by atoms with Crippen molar-refractivity contribution in [3.63, 3.8) is 0 Å². The van der Waals surface area contributed by atoms with E-state index in [9.17, 15) is 0 Å². The second-order valence-electron chi connectivity index (χ2n) is 6.87. The molecule has 0 saturated carbocycles. The first-order valence-corrected chi connectivity index (χ1v) is 9.31. The van der Waals surface area contributed by atoms with E-state index in [0.29, 0.717) is 12.1 Å². The standard InChI is InChI=1S/C23H20N6/c1-15-9-17(13-24)10-16(2)23(15)18-6-8-26-22(11-18)27-14-19-12-21(29-28-19)20-5-3-4-7-25-20/h3-12H,14H2,1-2H3,(H,26,27)(H,28,29). The molecule has 4 rings (SSSR count). The van der Waals surface area contributed by atoms with Gasteiger partial charge in [0, 0.05) is 12.4 Å². The van der Waals surface area contributed by atoms with Crippen molar-refractivity contribution >= 4 is 5.82 Å². The molecule has 4 aromatic rings. The van der Waals surface area contributed by atoms with Gasteiger partial charge in [0.15, 0.2) is 0 Å². The third-order valence-corrected chi connectivity index (χ3v) is 4.73. The summed E-state index contributed by atoms with van der Waals surface area (Å²) in [4.78, 5) is 8.75. The number of aryl methyl sites for hydroxylation is 2. The summed E-state index contributed by atoms with van der Waals surface area (Å²) in [6.07, 6.45) is 3.55. The zero-order valence-electron chi connectivity index (χ0n) is 16.3. The summed E-state index contributed by atoms with van der Waals surface area (Å²) in [7, 11) is 0. The van der Waals surface area contributed by atoms with Gasteiger partial charge >= 0.3 is 0 Å². The number of pyridine rings is 2. The van der Waals surface area contributed by atoms with Crippen LogP contribution in [0.25, 0.3) is 22.5 Å². The highest BCUT2D eigenvalue weighted by Gasteiger charge is 2.10. The molecule has 0 amide bonds. The van der Waals surface area contributed by atoms with Crippen molar-refractivity contribution in [2.24, 2.45) is 0 Å². The van der Waals surface area contributed by atoms with E-state index in [2.05, 4.69) is 31.6 Å². The maximum Gasteiger partial charge on any atom is 0.126 e. The van der Waals surface area contributed by atoms with E-state index in [1.54, 1.807) is 12.4 Å². The lowest BCUT2D eigenvalue weighted by Crippen LogP contribution is -2.02. The summed E-state index contributed by atoms with van der Waals surface area (Å²) < 4.78 is 0. The second-order valence-corrected chi connectivity index (χ2v) is 6.87. The Morgan fingerprint density at radius 1 is 0.966 bits per heavy atom. The van der Waals surface area contributed by atoms with Gasteiger partial charge in [-0.05, 0) is 78.6 Å². The number of nitrogens with zero attached hydrogens (tertiary/aromatic N) is 4. The molecule has 0 aliphatic heterocycles. The van der Waals surface area contributed by atoms with Crippen LogP contribution >= 0.6 is 0 Å². The molecule has 0 aliphatic rings. The third-order valence-electron chi connectivity index (χ3n) is 4.73. The Hall–Kier alpha value is -3.98. The molecule has 6 heteroatoms. The van der Waals surface area contributed by atoms with Crippen LogP contribution in [-0.2, 0) is 6.54 Å². The van der Waals surface area contributed by atoms with Crippen LogP contribution in [0, 0.1) is 25.2 Å². The molecule has 0 saturated heterocycles. The lowest BCUT2D eigenvalue weighted by atomic mass is 9.94. The molecule has 0 aliphatic carbocycles. The van der Waals surface area contributed by atoms with Gasteiger partial charge in [-0.15, -0.1) is 0 Å². The van der Waals surface area contributed by atoms with Crippen LogP contribution in [0.1, 0.15) is 22.4 Å². The fourth-order valence-corrected chi connectivity index (χ4v) is 3.45. The fraction of sp³-hybridized carbons (Fsp3) is 0.130. The average Bonchev–Trinajstić information content (AvgIpc) is 3.22. The van der Waals surface area contributed by atoms with Crippen molar-refractivity contribution in [2.75, 3.05) is 5.32 Å². The SMILES string of the molecule is Cc1cc(C#N)cc(C)c1-c1ccnc(NCc2cc(-c3ccccn3)n[nH]2)c1. The minimum absolute atomic E-state index is 0.571. The van der Waals surface area contributed by atoms with Gasteiger partial charge in [0.05, 0.1) is 29.6 Å². The first-order valence-electron chi connectivity index (χ1n) is 9.31. The number of nitrogens with one attached hydrogen (secondary N) is 2. The zero-order valence-corrected chi connectivity index (χ0v) is 16.3. The van der Waals surface area contributed by atoms with Crippen molar-refractivity contribution in [1.82, 2.24) is 20.2 Å². The highest BCUT2D eigenvalue weighted by molar-refractivity contribution is 5.73. The van der Waals surface area contributed by atoms with Gasteiger partial charge in [0.1, 0.15) is 11.5 Å². The maximum atomic E-state index is 9.16. The fourth-order valence-electron chi connectivity index (χ4n) is 3.45. The molecule has 0 spiro atoms.